The minimum absolute atomic E-state index is 0.0634. The van der Waals surface area contributed by atoms with Gasteiger partial charge >= 0.3 is 0 Å². The molecule has 10 nitrogen and oxygen atoms in total. The summed E-state index contributed by atoms with van der Waals surface area (Å²) >= 11 is 0. The van der Waals surface area contributed by atoms with Gasteiger partial charge in [0.25, 0.3) is 5.56 Å². The molecule has 0 unspecified atom stereocenters. The van der Waals surface area contributed by atoms with Crippen molar-refractivity contribution >= 4 is 16.7 Å². The summed E-state index contributed by atoms with van der Waals surface area (Å²) in [6.45, 7) is 3.72. The van der Waals surface area contributed by atoms with Crippen molar-refractivity contribution < 1.29 is 4.74 Å². The zero-order chi connectivity index (χ0) is 24.0. The molecule has 0 saturated heterocycles. The average Bonchev–Trinajstić information content (AvgIpc) is 3.44. The summed E-state index contributed by atoms with van der Waals surface area (Å²) in [5, 5.41) is 17.9. The van der Waals surface area contributed by atoms with Crippen LogP contribution >= 0.6 is 0 Å². The fourth-order valence-electron chi connectivity index (χ4n) is 4.70. The average molecular weight is 463 g/mol. The van der Waals surface area contributed by atoms with Crippen LogP contribution in [-0.4, -0.2) is 47.5 Å². The number of pyridine rings is 1. The normalized spacial score (nSPS) is 18.4. The van der Waals surface area contributed by atoms with Crippen LogP contribution in [0.15, 0.2) is 29.5 Å². The fourth-order valence-corrected chi connectivity index (χ4v) is 4.70. The van der Waals surface area contributed by atoms with Gasteiger partial charge in [0.05, 0.1) is 17.8 Å². The number of ether oxygens (including phenoxy) is 1. The molecule has 0 aliphatic heterocycles. The first-order chi connectivity index (χ1) is 16.4. The van der Waals surface area contributed by atoms with E-state index < -0.39 is 0 Å². The second kappa shape index (κ2) is 8.58. The predicted octanol–water partition coefficient (Wildman–Crippen LogP) is 3.15. The maximum atomic E-state index is 12.1. The van der Waals surface area contributed by atoms with E-state index in [9.17, 15) is 4.79 Å². The Morgan fingerprint density at radius 1 is 1.06 bits per heavy atom. The number of fused-ring (bicyclic) bond motifs is 1. The molecule has 5 rings (SSSR count). The lowest BCUT2D eigenvalue weighted by Crippen LogP contribution is -2.29. The molecule has 10 heteroatoms. The van der Waals surface area contributed by atoms with E-state index in [-0.39, 0.29) is 17.7 Å². The highest BCUT2D eigenvalue weighted by atomic mass is 16.5. The second-order valence-corrected chi connectivity index (χ2v) is 9.06. The smallest absolute Gasteiger partial charge is 0.269 e. The number of rotatable bonds is 5. The van der Waals surface area contributed by atoms with Gasteiger partial charge in [0.2, 0.25) is 5.88 Å². The Labute approximate surface area is 197 Å². The molecule has 0 bridgehead atoms. The standard InChI is InChI=1S/C24H30N8O2/c1-14-15(2)24(33)31(5)29-23(14)34-18-8-6-17(7-9-18)32-20-10-21(25-3)26-12-19(20)22(28-32)16-11-27-30(4)13-16/h10-13,17-18H,6-9H2,1-5H3,(H,25,26). The van der Waals surface area contributed by atoms with E-state index in [0.29, 0.717) is 11.4 Å². The predicted molar refractivity (Wildman–Crippen MR) is 130 cm³/mol. The van der Waals surface area contributed by atoms with Gasteiger partial charge in [0.15, 0.2) is 0 Å². The lowest BCUT2D eigenvalue weighted by molar-refractivity contribution is 0.122. The number of nitrogens with zero attached hydrogens (tertiary/aromatic N) is 7. The lowest BCUT2D eigenvalue weighted by atomic mass is 9.93. The monoisotopic (exact) mass is 462 g/mol. The molecule has 0 amide bonds. The minimum Gasteiger partial charge on any atom is -0.473 e. The van der Waals surface area contributed by atoms with E-state index in [1.807, 2.05) is 46.5 Å². The molecule has 34 heavy (non-hydrogen) atoms. The zero-order valence-corrected chi connectivity index (χ0v) is 20.2. The van der Waals surface area contributed by atoms with Gasteiger partial charge in [-0.1, -0.05) is 0 Å². The summed E-state index contributed by atoms with van der Waals surface area (Å²) in [6.07, 6.45) is 9.43. The van der Waals surface area contributed by atoms with E-state index in [0.717, 1.165) is 59.2 Å². The van der Waals surface area contributed by atoms with Gasteiger partial charge in [-0.05, 0) is 39.5 Å². The van der Waals surface area contributed by atoms with Crippen molar-refractivity contribution in [2.45, 2.75) is 51.7 Å². The summed E-state index contributed by atoms with van der Waals surface area (Å²) in [6, 6.07) is 2.32. The van der Waals surface area contributed by atoms with Crippen molar-refractivity contribution in [2.75, 3.05) is 12.4 Å². The molecule has 0 atom stereocenters. The molecule has 4 aromatic heterocycles. The van der Waals surface area contributed by atoms with Gasteiger partial charge in [-0.25, -0.2) is 9.67 Å². The van der Waals surface area contributed by atoms with Crippen molar-refractivity contribution in [3.05, 3.63) is 46.1 Å². The van der Waals surface area contributed by atoms with Crippen LogP contribution in [0, 0.1) is 13.8 Å². The first-order valence-corrected chi connectivity index (χ1v) is 11.6. The zero-order valence-electron chi connectivity index (χ0n) is 20.2. The van der Waals surface area contributed by atoms with Crippen LogP contribution in [0.2, 0.25) is 0 Å². The number of hydrogen-bond acceptors (Lipinski definition) is 7. The minimum atomic E-state index is -0.0843. The lowest BCUT2D eigenvalue weighted by Gasteiger charge is -2.29. The van der Waals surface area contributed by atoms with Crippen LogP contribution < -0.4 is 15.6 Å². The van der Waals surface area contributed by atoms with E-state index in [4.69, 9.17) is 9.84 Å². The molecule has 1 aliphatic carbocycles. The third-order valence-electron chi connectivity index (χ3n) is 6.83. The Balaban J connectivity index is 1.40. The highest BCUT2D eigenvalue weighted by Gasteiger charge is 2.28. The van der Waals surface area contributed by atoms with Crippen LogP contribution in [0.4, 0.5) is 5.82 Å². The van der Waals surface area contributed by atoms with Crippen molar-refractivity contribution in [2.24, 2.45) is 14.1 Å². The number of nitrogens with one attached hydrogen (secondary N) is 1. The third kappa shape index (κ3) is 3.82. The molecule has 4 heterocycles. The van der Waals surface area contributed by atoms with Gasteiger partial charge in [-0.2, -0.15) is 10.2 Å². The maximum Gasteiger partial charge on any atom is 0.269 e. The van der Waals surface area contributed by atoms with E-state index >= 15 is 0 Å². The summed E-state index contributed by atoms with van der Waals surface area (Å²) in [4.78, 5) is 16.6. The Kier molecular flexibility index (Phi) is 5.59. The summed E-state index contributed by atoms with van der Waals surface area (Å²) in [7, 11) is 5.44. The van der Waals surface area contributed by atoms with Crippen molar-refractivity contribution in [1.82, 2.24) is 34.3 Å². The van der Waals surface area contributed by atoms with Crippen LogP contribution in [0.25, 0.3) is 22.2 Å². The van der Waals surface area contributed by atoms with Gasteiger partial charge in [-0.15, -0.1) is 5.10 Å². The first-order valence-electron chi connectivity index (χ1n) is 11.6. The third-order valence-corrected chi connectivity index (χ3v) is 6.83. The number of hydrogen-bond donors (Lipinski definition) is 1. The largest absolute Gasteiger partial charge is 0.473 e. The SMILES string of the molecule is CNc1cc2c(cn1)c(-c1cnn(C)c1)nn2C1CCC(Oc2nn(C)c(=O)c(C)c2C)CC1. The Morgan fingerprint density at radius 3 is 2.50 bits per heavy atom. The molecular formula is C24H30N8O2. The van der Waals surface area contributed by atoms with Crippen LogP contribution in [0.3, 0.4) is 0 Å². The summed E-state index contributed by atoms with van der Waals surface area (Å²) in [5.41, 5.74) is 4.36. The molecule has 0 spiro atoms. The Bertz CT molecular complexity index is 1410. The van der Waals surface area contributed by atoms with Gasteiger partial charge in [0, 0.05) is 61.7 Å². The molecule has 0 radical (unpaired) electrons. The Morgan fingerprint density at radius 2 is 1.82 bits per heavy atom. The first kappa shape index (κ1) is 22.1. The van der Waals surface area contributed by atoms with Crippen LogP contribution in [0.5, 0.6) is 5.88 Å². The number of anilines is 1. The van der Waals surface area contributed by atoms with Gasteiger partial charge < -0.3 is 10.1 Å². The Hall–Kier alpha value is -3.69. The fraction of sp³-hybridized carbons (Fsp3) is 0.458. The molecule has 1 saturated carbocycles. The molecule has 1 fully saturated rings. The highest BCUT2D eigenvalue weighted by Crippen LogP contribution is 2.36. The van der Waals surface area contributed by atoms with E-state index in [2.05, 4.69) is 31.2 Å². The van der Waals surface area contributed by atoms with Crippen molar-refractivity contribution in [3.63, 3.8) is 0 Å². The van der Waals surface area contributed by atoms with E-state index in [1.54, 1.807) is 11.7 Å². The topological polar surface area (TPSA) is 105 Å². The quantitative estimate of drug-likeness (QED) is 0.486. The van der Waals surface area contributed by atoms with Crippen LogP contribution in [-0.2, 0) is 14.1 Å². The van der Waals surface area contributed by atoms with Crippen LogP contribution in [0.1, 0.15) is 42.9 Å². The molecule has 1 aliphatic rings. The van der Waals surface area contributed by atoms with Gasteiger partial charge in [0.1, 0.15) is 17.6 Å². The highest BCUT2D eigenvalue weighted by molar-refractivity contribution is 5.93. The van der Waals surface area contributed by atoms with Crippen molar-refractivity contribution in [1.29, 1.82) is 0 Å². The second-order valence-electron chi connectivity index (χ2n) is 9.06. The van der Waals surface area contributed by atoms with Crippen molar-refractivity contribution in [3.8, 4) is 17.1 Å². The number of aryl methyl sites for hydroxylation is 2. The summed E-state index contributed by atoms with van der Waals surface area (Å²) < 4.78 is 11.5. The summed E-state index contributed by atoms with van der Waals surface area (Å²) in [5.74, 6) is 1.37. The maximum absolute atomic E-state index is 12.1. The van der Waals surface area contributed by atoms with Gasteiger partial charge in [-0.3, -0.25) is 14.2 Å². The molecule has 0 aromatic carbocycles. The molecule has 178 valence electrons. The molecular weight excluding hydrogens is 432 g/mol. The number of aromatic nitrogens is 7. The molecule has 4 aromatic rings. The van der Waals surface area contributed by atoms with E-state index in [1.165, 1.54) is 4.68 Å². The molecule has 1 N–H and O–H groups in total.